The number of aromatic nitrogens is 1. The SMILES string of the molecule is CCc1nc(CNC(=NC)NC2CCN(C3CCCCC3)CC2)cs1.I. The largest absolute Gasteiger partial charge is 0.354 e. The summed E-state index contributed by atoms with van der Waals surface area (Å²) in [7, 11) is 1.85. The van der Waals surface area contributed by atoms with Gasteiger partial charge in [0.15, 0.2) is 5.96 Å². The van der Waals surface area contributed by atoms with Crippen molar-refractivity contribution in [2.24, 2.45) is 4.99 Å². The zero-order valence-corrected chi connectivity index (χ0v) is 19.3. The molecule has 2 N–H and O–H groups in total. The van der Waals surface area contributed by atoms with E-state index in [1.165, 1.54) is 63.0 Å². The Morgan fingerprint density at radius 3 is 2.58 bits per heavy atom. The lowest BCUT2D eigenvalue weighted by atomic mass is 9.92. The predicted molar refractivity (Wildman–Crippen MR) is 122 cm³/mol. The van der Waals surface area contributed by atoms with E-state index >= 15 is 0 Å². The standard InChI is InChI=1S/C19H33N5S.HI/c1-3-18-22-16(14-25-18)13-21-19(20-2)23-15-9-11-24(12-10-15)17-7-5-4-6-8-17;/h14-15,17H,3-13H2,1-2H3,(H2,20,21,23);1H. The molecule has 1 saturated carbocycles. The van der Waals surface area contributed by atoms with Gasteiger partial charge in [-0.1, -0.05) is 26.2 Å². The second-order valence-corrected chi connectivity index (χ2v) is 8.20. The summed E-state index contributed by atoms with van der Waals surface area (Å²) in [4.78, 5) is 11.7. The molecule has 7 heteroatoms. The van der Waals surface area contributed by atoms with Crippen LogP contribution >= 0.6 is 35.3 Å². The maximum atomic E-state index is 4.61. The highest BCUT2D eigenvalue weighted by Crippen LogP contribution is 2.25. The number of hydrogen-bond acceptors (Lipinski definition) is 4. The second kappa shape index (κ2) is 11.4. The zero-order valence-electron chi connectivity index (χ0n) is 16.2. The maximum absolute atomic E-state index is 4.61. The summed E-state index contributed by atoms with van der Waals surface area (Å²) in [5.41, 5.74) is 1.11. The molecular formula is C19H34IN5S. The molecular weight excluding hydrogens is 457 g/mol. The van der Waals surface area contributed by atoms with E-state index in [1.807, 2.05) is 7.05 Å². The van der Waals surface area contributed by atoms with E-state index in [2.05, 4.69) is 37.8 Å². The maximum Gasteiger partial charge on any atom is 0.191 e. The Labute approximate surface area is 179 Å². The molecule has 0 amide bonds. The second-order valence-electron chi connectivity index (χ2n) is 7.26. The molecule has 3 rings (SSSR count). The van der Waals surface area contributed by atoms with Gasteiger partial charge in [-0.05, 0) is 32.1 Å². The summed E-state index contributed by atoms with van der Waals surface area (Å²) >= 11 is 1.74. The van der Waals surface area contributed by atoms with Crippen molar-refractivity contribution < 1.29 is 0 Å². The van der Waals surface area contributed by atoms with E-state index in [9.17, 15) is 0 Å². The van der Waals surface area contributed by atoms with Gasteiger partial charge in [0.05, 0.1) is 17.2 Å². The third-order valence-corrected chi connectivity index (χ3v) is 6.57. The number of rotatable bonds is 5. The first kappa shape index (κ1) is 21.9. The minimum atomic E-state index is 0. The molecule has 0 aromatic carbocycles. The van der Waals surface area contributed by atoms with Crippen LogP contribution in [0, 0.1) is 0 Å². The average molecular weight is 491 g/mol. The van der Waals surface area contributed by atoms with E-state index in [0.29, 0.717) is 6.04 Å². The molecule has 5 nitrogen and oxygen atoms in total. The highest BCUT2D eigenvalue weighted by atomic mass is 127. The first-order chi connectivity index (χ1) is 12.3. The van der Waals surface area contributed by atoms with Crippen LogP contribution < -0.4 is 10.6 Å². The summed E-state index contributed by atoms with van der Waals surface area (Å²) < 4.78 is 0. The minimum Gasteiger partial charge on any atom is -0.354 e. The van der Waals surface area contributed by atoms with Gasteiger partial charge in [0.1, 0.15) is 0 Å². The van der Waals surface area contributed by atoms with E-state index in [4.69, 9.17) is 0 Å². The topological polar surface area (TPSA) is 52.6 Å². The molecule has 148 valence electrons. The fourth-order valence-electron chi connectivity index (χ4n) is 4.01. The molecule has 1 aliphatic heterocycles. The number of halogens is 1. The van der Waals surface area contributed by atoms with Gasteiger partial charge < -0.3 is 15.5 Å². The van der Waals surface area contributed by atoms with Gasteiger partial charge in [-0.2, -0.15) is 0 Å². The minimum absolute atomic E-state index is 0. The van der Waals surface area contributed by atoms with Crippen LogP contribution in [0.3, 0.4) is 0 Å². The molecule has 2 aliphatic rings. The molecule has 1 aliphatic carbocycles. The lowest BCUT2D eigenvalue weighted by molar-refractivity contribution is 0.119. The molecule has 26 heavy (non-hydrogen) atoms. The van der Waals surface area contributed by atoms with Crippen molar-refractivity contribution in [3.05, 3.63) is 16.1 Å². The van der Waals surface area contributed by atoms with Crippen molar-refractivity contribution >= 4 is 41.3 Å². The number of likely N-dealkylation sites (tertiary alicyclic amines) is 1. The fraction of sp³-hybridized carbons (Fsp3) is 0.789. The summed E-state index contributed by atoms with van der Waals surface area (Å²) in [6.07, 6.45) is 10.6. The Balaban J connectivity index is 0.00000243. The Morgan fingerprint density at radius 1 is 1.23 bits per heavy atom. The summed E-state index contributed by atoms with van der Waals surface area (Å²) in [5.74, 6) is 0.905. The number of nitrogens with one attached hydrogen (secondary N) is 2. The number of piperidine rings is 1. The van der Waals surface area contributed by atoms with Crippen molar-refractivity contribution in [3.63, 3.8) is 0 Å². The number of hydrogen-bond donors (Lipinski definition) is 2. The number of nitrogens with zero attached hydrogens (tertiary/aromatic N) is 3. The highest BCUT2D eigenvalue weighted by Gasteiger charge is 2.26. The van der Waals surface area contributed by atoms with Crippen LogP contribution in [0.5, 0.6) is 0 Å². The molecule has 2 heterocycles. The summed E-state index contributed by atoms with van der Waals surface area (Å²) in [6, 6.07) is 1.39. The number of guanidine groups is 1. The molecule has 0 atom stereocenters. The van der Waals surface area contributed by atoms with Crippen LogP contribution in [0.25, 0.3) is 0 Å². The van der Waals surface area contributed by atoms with Crippen LogP contribution in [0.1, 0.15) is 62.6 Å². The molecule has 2 fully saturated rings. The molecule has 1 aromatic rings. The lowest BCUT2D eigenvalue weighted by Crippen LogP contribution is -2.50. The van der Waals surface area contributed by atoms with Crippen molar-refractivity contribution in [1.82, 2.24) is 20.5 Å². The zero-order chi connectivity index (χ0) is 17.5. The summed E-state index contributed by atoms with van der Waals surface area (Å²) in [5, 5.41) is 10.4. The molecule has 1 saturated heterocycles. The normalized spacial score (nSPS) is 20.6. The molecule has 1 aromatic heterocycles. The average Bonchev–Trinajstić information content (AvgIpc) is 3.14. The quantitative estimate of drug-likeness (QED) is 0.374. The van der Waals surface area contributed by atoms with E-state index in [1.54, 1.807) is 11.3 Å². The molecule has 0 radical (unpaired) electrons. The van der Waals surface area contributed by atoms with E-state index in [-0.39, 0.29) is 24.0 Å². The fourth-order valence-corrected chi connectivity index (χ4v) is 4.75. The first-order valence-corrected chi connectivity index (χ1v) is 10.8. The van der Waals surface area contributed by atoms with Crippen molar-refractivity contribution in [3.8, 4) is 0 Å². The molecule has 0 bridgehead atoms. The first-order valence-electron chi connectivity index (χ1n) is 9.93. The van der Waals surface area contributed by atoms with Crippen molar-refractivity contribution in [2.75, 3.05) is 20.1 Å². The van der Waals surface area contributed by atoms with Crippen LogP contribution in [0.4, 0.5) is 0 Å². The monoisotopic (exact) mass is 491 g/mol. The smallest absolute Gasteiger partial charge is 0.191 e. The third-order valence-electron chi connectivity index (χ3n) is 5.52. The van der Waals surface area contributed by atoms with Gasteiger partial charge in [0, 0.05) is 37.6 Å². The lowest BCUT2D eigenvalue weighted by Gasteiger charge is -2.39. The van der Waals surface area contributed by atoms with Gasteiger partial charge in [-0.25, -0.2) is 4.98 Å². The Morgan fingerprint density at radius 2 is 1.96 bits per heavy atom. The van der Waals surface area contributed by atoms with Crippen LogP contribution in [0.2, 0.25) is 0 Å². The molecule has 0 unspecified atom stereocenters. The van der Waals surface area contributed by atoms with E-state index in [0.717, 1.165) is 30.7 Å². The number of aryl methyl sites for hydroxylation is 1. The Kier molecular flexibility index (Phi) is 9.63. The molecule has 0 spiro atoms. The van der Waals surface area contributed by atoms with Crippen molar-refractivity contribution in [2.45, 2.75) is 76.9 Å². The number of aliphatic imine (C=N–C) groups is 1. The van der Waals surface area contributed by atoms with Gasteiger partial charge in [0.2, 0.25) is 0 Å². The van der Waals surface area contributed by atoms with Gasteiger partial charge in [-0.3, -0.25) is 4.99 Å². The Hall–Kier alpha value is -0.410. The van der Waals surface area contributed by atoms with Gasteiger partial charge in [-0.15, -0.1) is 35.3 Å². The van der Waals surface area contributed by atoms with Crippen LogP contribution in [-0.2, 0) is 13.0 Å². The van der Waals surface area contributed by atoms with Crippen LogP contribution in [0.15, 0.2) is 10.4 Å². The predicted octanol–water partition coefficient (Wildman–Crippen LogP) is 3.79. The van der Waals surface area contributed by atoms with Gasteiger partial charge >= 0.3 is 0 Å². The summed E-state index contributed by atoms with van der Waals surface area (Å²) in [6.45, 7) is 5.35. The Bertz CT molecular complexity index is 548. The van der Waals surface area contributed by atoms with E-state index < -0.39 is 0 Å². The highest BCUT2D eigenvalue weighted by molar-refractivity contribution is 14.0. The van der Waals surface area contributed by atoms with Crippen LogP contribution in [-0.4, -0.2) is 48.1 Å². The van der Waals surface area contributed by atoms with Gasteiger partial charge in [0.25, 0.3) is 0 Å². The number of thiazole rings is 1. The third kappa shape index (κ3) is 6.34. The van der Waals surface area contributed by atoms with Crippen molar-refractivity contribution in [1.29, 1.82) is 0 Å².